The van der Waals surface area contributed by atoms with E-state index in [4.69, 9.17) is 11.6 Å². The number of hydrogen-bond acceptors (Lipinski definition) is 1. The van der Waals surface area contributed by atoms with Gasteiger partial charge in [-0.1, -0.05) is 35.9 Å². The molecule has 1 aliphatic rings. The average Bonchev–Trinajstić information content (AvgIpc) is 2.96. The largest absolute Gasteiger partial charge is 0.332 e. The van der Waals surface area contributed by atoms with E-state index in [9.17, 15) is 9.18 Å². The van der Waals surface area contributed by atoms with Gasteiger partial charge in [0, 0.05) is 17.1 Å². The van der Waals surface area contributed by atoms with Crippen molar-refractivity contribution in [3.63, 3.8) is 0 Å². The summed E-state index contributed by atoms with van der Waals surface area (Å²) >= 11 is 6.25. The van der Waals surface area contributed by atoms with Crippen LogP contribution in [0.25, 0.3) is 0 Å². The van der Waals surface area contributed by atoms with E-state index in [0.717, 1.165) is 18.4 Å². The molecule has 3 rings (SSSR count). The Labute approximate surface area is 128 Å². The molecule has 0 bridgehead atoms. The fourth-order valence-electron chi connectivity index (χ4n) is 2.87. The number of carbonyl (C=O) groups excluding carboxylic acids is 1. The molecule has 21 heavy (non-hydrogen) atoms. The van der Waals surface area contributed by atoms with E-state index in [1.807, 2.05) is 24.3 Å². The van der Waals surface area contributed by atoms with Crippen molar-refractivity contribution in [2.24, 2.45) is 0 Å². The second-order valence-corrected chi connectivity index (χ2v) is 5.60. The molecule has 2 aromatic carbocycles. The van der Waals surface area contributed by atoms with Crippen molar-refractivity contribution in [3.8, 4) is 0 Å². The van der Waals surface area contributed by atoms with Gasteiger partial charge in [0.1, 0.15) is 5.82 Å². The molecule has 2 nitrogen and oxygen atoms in total. The molecule has 0 unspecified atom stereocenters. The van der Waals surface area contributed by atoms with Crippen molar-refractivity contribution in [2.75, 3.05) is 6.54 Å². The van der Waals surface area contributed by atoms with E-state index < -0.39 is 5.82 Å². The molecule has 2 aromatic rings. The first-order valence-corrected chi connectivity index (χ1v) is 7.35. The van der Waals surface area contributed by atoms with Gasteiger partial charge in [-0.25, -0.2) is 4.39 Å². The van der Waals surface area contributed by atoms with Crippen molar-refractivity contribution in [1.82, 2.24) is 4.90 Å². The highest BCUT2D eigenvalue weighted by molar-refractivity contribution is 6.31. The van der Waals surface area contributed by atoms with Gasteiger partial charge >= 0.3 is 0 Å². The molecule has 0 saturated carbocycles. The summed E-state index contributed by atoms with van der Waals surface area (Å²) in [5.74, 6) is -0.536. The molecular formula is C17H15ClFNO. The first-order chi connectivity index (χ1) is 10.2. The van der Waals surface area contributed by atoms with Crippen LogP contribution in [-0.2, 0) is 0 Å². The third-order valence-corrected chi connectivity index (χ3v) is 4.19. The third kappa shape index (κ3) is 2.79. The van der Waals surface area contributed by atoms with Crippen LogP contribution in [-0.4, -0.2) is 17.4 Å². The highest BCUT2D eigenvalue weighted by Crippen LogP contribution is 2.36. The number of amides is 1. The first kappa shape index (κ1) is 14.1. The van der Waals surface area contributed by atoms with E-state index >= 15 is 0 Å². The van der Waals surface area contributed by atoms with Gasteiger partial charge in [-0.15, -0.1) is 0 Å². The van der Waals surface area contributed by atoms with Gasteiger partial charge in [-0.3, -0.25) is 4.79 Å². The number of nitrogens with zero attached hydrogens (tertiary/aromatic N) is 1. The lowest BCUT2D eigenvalue weighted by molar-refractivity contribution is 0.0735. The van der Waals surface area contributed by atoms with Crippen molar-refractivity contribution >= 4 is 17.5 Å². The number of carbonyl (C=O) groups is 1. The summed E-state index contributed by atoms with van der Waals surface area (Å²) in [5, 5.41) is 0.668. The average molecular weight is 304 g/mol. The quantitative estimate of drug-likeness (QED) is 0.802. The van der Waals surface area contributed by atoms with E-state index in [1.165, 1.54) is 12.1 Å². The lowest BCUT2D eigenvalue weighted by atomic mass is 10.0. The van der Waals surface area contributed by atoms with E-state index in [0.29, 0.717) is 17.1 Å². The van der Waals surface area contributed by atoms with Gasteiger partial charge < -0.3 is 4.90 Å². The Hall–Kier alpha value is -1.87. The van der Waals surface area contributed by atoms with Crippen LogP contribution in [0.2, 0.25) is 5.02 Å². The van der Waals surface area contributed by atoms with Crippen LogP contribution in [0.15, 0.2) is 48.5 Å². The van der Waals surface area contributed by atoms with Crippen LogP contribution in [0.5, 0.6) is 0 Å². The zero-order valence-corrected chi connectivity index (χ0v) is 12.2. The van der Waals surface area contributed by atoms with Crippen molar-refractivity contribution in [1.29, 1.82) is 0 Å². The number of halogens is 2. The van der Waals surface area contributed by atoms with Gasteiger partial charge in [0.05, 0.1) is 6.04 Å². The summed E-state index contributed by atoms with van der Waals surface area (Å²) in [6.45, 7) is 0.672. The molecule has 1 aliphatic heterocycles. The molecule has 0 N–H and O–H groups in total. The zero-order chi connectivity index (χ0) is 14.8. The molecular weight excluding hydrogens is 289 g/mol. The van der Waals surface area contributed by atoms with Crippen molar-refractivity contribution in [3.05, 3.63) is 70.5 Å². The molecule has 0 aromatic heterocycles. The van der Waals surface area contributed by atoms with Crippen LogP contribution in [0.1, 0.15) is 34.8 Å². The van der Waals surface area contributed by atoms with Crippen LogP contribution in [0.3, 0.4) is 0 Å². The second-order valence-electron chi connectivity index (χ2n) is 5.19. The normalized spacial score (nSPS) is 18.0. The van der Waals surface area contributed by atoms with E-state index in [-0.39, 0.29) is 11.9 Å². The Morgan fingerprint density at radius 3 is 2.76 bits per heavy atom. The minimum absolute atomic E-state index is 0.0329. The van der Waals surface area contributed by atoms with Gasteiger partial charge in [0.15, 0.2) is 0 Å². The Morgan fingerprint density at radius 2 is 2.00 bits per heavy atom. The van der Waals surface area contributed by atoms with Gasteiger partial charge in [0.2, 0.25) is 0 Å². The molecule has 4 heteroatoms. The Bertz CT molecular complexity index is 673. The third-order valence-electron chi connectivity index (χ3n) is 3.85. The molecule has 1 fully saturated rings. The van der Waals surface area contributed by atoms with Crippen LogP contribution in [0, 0.1) is 5.82 Å². The molecule has 1 heterocycles. The number of likely N-dealkylation sites (tertiary alicyclic amines) is 1. The smallest absolute Gasteiger partial charge is 0.254 e. The highest BCUT2D eigenvalue weighted by atomic mass is 35.5. The summed E-state index contributed by atoms with van der Waals surface area (Å²) < 4.78 is 13.3. The first-order valence-electron chi connectivity index (χ1n) is 6.98. The Kier molecular flexibility index (Phi) is 3.93. The van der Waals surface area contributed by atoms with Gasteiger partial charge in [0.25, 0.3) is 5.91 Å². The molecule has 0 spiro atoms. The molecule has 0 aliphatic carbocycles. The van der Waals surface area contributed by atoms with Gasteiger partial charge in [-0.2, -0.15) is 0 Å². The van der Waals surface area contributed by atoms with E-state index in [1.54, 1.807) is 17.0 Å². The maximum atomic E-state index is 13.3. The fourth-order valence-corrected chi connectivity index (χ4v) is 3.13. The lowest BCUT2D eigenvalue weighted by Crippen LogP contribution is -2.30. The van der Waals surface area contributed by atoms with Crippen molar-refractivity contribution in [2.45, 2.75) is 18.9 Å². The standard InChI is InChI=1S/C17H15ClFNO/c18-15-8-2-1-7-14(15)16-9-4-10-20(16)17(21)12-5-3-6-13(19)11-12/h1-3,5-8,11,16H,4,9-10H2/t16-/m1/s1. The molecule has 1 amide bonds. The number of rotatable bonds is 2. The fraction of sp³-hybridized carbons (Fsp3) is 0.235. The molecule has 1 atom stereocenters. The summed E-state index contributed by atoms with van der Waals surface area (Å²) in [6, 6.07) is 13.4. The minimum atomic E-state index is -0.394. The minimum Gasteiger partial charge on any atom is -0.332 e. The van der Waals surface area contributed by atoms with Crippen LogP contribution in [0.4, 0.5) is 4.39 Å². The Balaban J connectivity index is 1.91. The number of hydrogen-bond donors (Lipinski definition) is 0. The monoisotopic (exact) mass is 303 g/mol. The summed E-state index contributed by atoms with van der Waals surface area (Å²) in [6.07, 6.45) is 1.81. The summed E-state index contributed by atoms with van der Waals surface area (Å²) in [4.78, 5) is 14.4. The molecule has 0 radical (unpaired) electrons. The highest BCUT2D eigenvalue weighted by Gasteiger charge is 2.31. The maximum absolute atomic E-state index is 13.3. The van der Waals surface area contributed by atoms with E-state index in [2.05, 4.69) is 0 Å². The van der Waals surface area contributed by atoms with Gasteiger partial charge in [-0.05, 0) is 42.7 Å². The predicted molar refractivity (Wildman–Crippen MR) is 80.9 cm³/mol. The predicted octanol–water partition coefficient (Wildman–Crippen LogP) is 4.46. The summed E-state index contributed by atoms with van der Waals surface area (Å²) in [5.41, 5.74) is 1.34. The lowest BCUT2D eigenvalue weighted by Gasteiger charge is -2.26. The SMILES string of the molecule is O=C(c1cccc(F)c1)N1CCC[C@@H]1c1ccccc1Cl. The topological polar surface area (TPSA) is 20.3 Å². The molecule has 1 saturated heterocycles. The zero-order valence-electron chi connectivity index (χ0n) is 11.4. The van der Waals surface area contributed by atoms with Crippen LogP contribution < -0.4 is 0 Å². The maximum Gasteiger partial charge on any atom is 0.254 e. The van der Waals surface area contributed by atoms with Crippen molar-refractivity contribution < 1.29 is 9.18 Å². The van der Waals surface area contributed by atoms with Crippen LogP contribution >= 0.6 is 11.6 Å². The molecule has 108 valence electrons. The Morgan fingerprint density at radius 1 is 1.19 bits per heavy atom. The second kappa shape index (κ2) is 5.86. The summed E-state index contributed by atoms with van der Waals surface area (Å²) in [7, 11) is 0. The number of benzene rings is 2.